The first-order chi connectivity index (χ1) is 7.16. The minimum absolute atomic E-state index is 0.0472. The van der Waals surface area contributed by atoms with Crippen LogP contribution in [-0.2, 0) is 4.74 Å². The number of nitrogen functional groups attached to an aromatic ring is 1. The fraction of sp³-hybridized carbons (Fsp3) is 0.636. The zero-order chi connectivity index (χ0) is 10.8. The Morgan fingerprint density at radius 1 is 1.47 bits per heavy atom. The molecular weight excluding hydrogens is 190 g/mol. The van der Waals surface area contributed by atoms with Gasteiger partial charge < -0.3 is 10.5 Å². The molecular formula is C11H17N3O. The van der Waals surface area contributed by atoms with Crippen LogP contribution >= 0.6 is 0 Å². The third-order valence-corrected chi connectivity index (χ3v) is 2.59. The Bertz CT molecular complexity index is 346. The quantitative estimate of drug-likeness (QED) is 0.806. The first-order valence-corrected chi connectivity index (χ1v) is 5.43. The number of aromatic nitrogens is 2. The summed E-state index contributed by atoms with van der Waals surface area (Å²) in [5.41, 5.74) is 6.75. The lowest BCUT2D eigenvalue weighted by Gasteiger charge is -2.12. The van der Waals surface area contributed by atoms with Crippen LogP contribution in [0.1, 0.15) is 50.2 Å². The third-order valence-electron chi connectivity index (χ3n) is 2.59. The Balaban J connectivity index is 2.30. The highest BCUT2D eigenvalue weighted by Crippen LogP contribution is 2.27. The van der Waals surface area contributed by atoms with Crippen LogP contribution in [0.4, 0.5) is 5.82 Å². The first-order valence-electron chi connectivity index (χ1n) is 5.43. The lowest BCUT2D eigenvalue weighted by molar-refractivity contribution is 0.105. The minimum Gasteiger partial charge on any atom is -0.384 e. The maximum Gasteiger partial charge on any atom is 0.159 e. The predicted molar refractivity (Wildman–Crippen MR) is 58.5 cm³/mol. The van der Waals surface area contributed by atoms with Crippen molar-refractivity contribution in [3.8, 4) is 0 Å². The molecule has 0 radical (unpaired) electrons. The molecule has 1 saturated heterocycles. The first kappa shape index (κ1) is 10.4. The van der Waals surface area contributed by atoms with Gasteiger partial charge in [0.05, 0.1) is 0 Å². The van der Waals surface area contributed by atoms with Crippen molar-refractivity contribution in [2.45, 2.75) is 38.7 Å². The molecule has 1 aliphatic heterocycles. The van der Waals surface area contributed by atoms with Crippen molar-refractivity contribution in [2.24, 2.45) is 0 Å². The fourth-order valence-corrected chi connectivity index (χ4v) is 1.73. The SMILES string of the molecule is CC(C)c1cc(N)nc(C2CCCO2)n1. The average Bonchev–Trinajstić information content (AvgIpc) is 2.69. The number of hydrogen-bond acceptors (Lipinski definition) is 4. The second-order valence-corrected chi connectivity index (χ2v) is 4.23. The van der Waals surface area contributed by atoms with Gasteiger partial charge in [-0.15, -0.1) is 0 Å². The van der Waals surface area contributed by atoms with Gasteiger partial charge in [-0.05, 0) is 18.8 Å². The Morgan fingerprint density at radius 3 is 2.87 bits per heavy atom. The van der Waals surface area contributed by atoms with Gasteiger partial charge in [0.1, 0.15) is 11.9 Å². The predicted octanol–water partition coefficient (Wildman–Crippen LogP) is 2.03. The number of nitrogens with zero attached hydrogens (tertiary/aromatic N) is 2. The summed E-state index contributed by atoms with van der Waals surface area (Å²) in [4.78, 5) is 8.74. The van der Waals surface area contributed by atoms with E-state index in [2.05, 4.69) is 23.8 Å². The summed E-state index contributed by atoms with van der Waals surface area (Å²) in [5.74, 6) is 1.66. The summed E-state index contributed by atoms with van der Waals surface area (Å²) in [6.07, 6.45) is 2.13. The topological polar surface area (TPSA) is 61.0 Å². The van der Waals surface area contributed by atoms with E-state index in [-0.39, 0.29) is 6.10 Å². The Kier molecular flexibility index (Phi) is 2.86. The molecule has 15 heavy (non-hydrogen) atoms. The van der Waals surface area contributed by atoms with E-state index in [1.165, 1.54) is 0 Å². The van der Waals surface area contributed by atoms with E-state index in [4.69, 9.17) is 10.5 Å². The van der Waals surface area contributed by atoms with Gasteiger partial charge in [-0.3, -0.25) is 0 Å². The molecule has 0 aromatic carbocycles. The second-order valence-electron chi connectivity index (χ2n) is 4.23. The Morgan fingerprint density at radius 2 is 2.27 bits per heavy atom. The summed E-state index contributed by atoms with van der Waals surface area (Å²) in [7, 11) is 0. The van der Waals surface area contributed by atoms with Crippen molar-refractivity contribution < 1.29 is 4.74 Å². The van der Waals surface area contributed by atoms with E-state index in [9.17, 15) is 0 Å². The van der Waals surface area contributed by atoms with Gasteiger partial charge in [0.25, 0.3) is 0 Å². The smallest absolute Gasteiger partial charge is 0.159 e. The molecule has 1 aromatic rings. The monoisotopic (exact) mass is 207 g/mol. The number of anilines is 1. The van der Waals surface area contributed by atoms with Crippen molar-refractivity contribution in [1.82, 2.24) is 9.97 Å². The summed E-state index contributed by atoms with van der Waals surface area (Å²) >= 11 is 0. The van der Waals surface area contributed by atoms with Gasteiger partial charge in [-0.1, -0.05) is 13.8 Å². The molecule has 82 valence electrons. The molecule has 0 saturated carbocycles. The van der Waals surface area contributed by atoms with E-state index < -0.39 is 0 Å². The zero-order valence-electron chi connectivity index (χ0n) is 9.23. The molecule has 2 heterocycles. The Hall–Kier alpha value is -1.16. The molecule has 0 amide bonds. The van der Waals surface area contributed by atoms with Crippen LogP contribution in [0.15, 0.2) is 6.07 Å². The van der Waals surface area contributed by atoms with Crippen LogP contribution in [0.3, 0.4) is 0 Å². The van der Waals surface area contributed by atoms with Gasteiger partial charge in [-0.25, -0.2) is 9.97 Å². The van der Waals surface area contributed by atoms with Crippen molar-refractivity contribution in [2.75, 3.05) is 12.3 Å². The summed E-state index contributed by atoms with van der Waals surface area (Å²) in [5, 5.41) is 0. The van der Waals surface area contributed by atoms with Crippen LogP contribution in [0.25, 0.3) is 0 Å². The van der Waals surface area contributed by atoms with Gasteiger partial charge in [0.2, 0.25) is 0 Å². The molecule has 2 rings (SSSR count). The van der Waals surface area contributed by atoms with Gasteiger partial charge in [0.15, 0.2) is 5.82 Å². The van der Waals surface area contributed by atoms with Crippen molar-refractivity contribution in [3.05, 3.63) is 17.6 Å². The van der Waals surface area contributed by atoms with Crippen LogP contribution in [-0.4, -0.2) is 16.6 Å². The number of nitrogens with two attached hydrogens (primary N) is 1. The third kappa shape index (κ3) is 2.26. The highest BCUT2D eigenvalue weighted by Gasteiger charge is 2.21. The molecule has 0 bridgehead atoms. The summed E-state index contributed by atoms with van der Waals surface area (Å²) in [6.45, 7) is 5.00. The molecule has 1 unspecified atom stereocenters. The van der Waals surface area contributed by atoms with Gasteiger partial charge in [0, 0.05) is 18.4 Å². The number of rotatable bonds is 2. The highest BCUT2D eigenvalue weighted by atomic mass is 16.5. The second kappa shape index (κ2) is 4.14. The summed E-state index contributed by atoms with van der Waals surface area (Å²) in [6, 6.07) is 1.84. The van der Waals surface area contributed by atoms with Crippen LogP contribution in [0, 0.1) is 0 Å². The largest absolute Gasteiger partial charge is 0.384 e. The molecule has 0 aliphatic carbocycles. The Labute approximate surface area is 89.9 Å². The summed E-state index contributed by atoms with van der Waals surface area (Å²) < 4.78 is 5.55. The van der Waals surface area contributed by atoms with E-state index in [0.29, 0.717) is 11.7 Å². The fourth-order valence-electron chi connectivity index (χ4n) is 1.73. The van der Waals surface area contributed by atoms with E-state index in [1.807, 2.05) is 6.07 Å². The van der Waals surface area contributed by atoms with E-state index in [1.54, 1.807) is 0 Å². The lowest BCUT2D eigenvalue weighted by Crippen LogP contribution is -2.08. The van der Waals surface area contributed by atoms with Crippen LogP contribution in [0.2, 0.25) is 0 Å². The number of ether oxygens (including phenoxy) is 1. The molecule has 1 aliphatic rings. The minimum atomic E-state index is 0.0472. The molecule has 0 spiro atoms. The normalized spacial score (nSPS) is 21.1. The average molecular weight is 207 g/mol. The van der Waals surface area contributed by atoms with E-state index in [0.717, 1.165) is 31.0 Å². The zero-order valence-corrected chi connectivity index (χ0v) is 9.23. The maximum atomic E-state index is 5.76. The number of hydrogen-bond donors (Lipinski definition) is 1. The molecule has 4 nitrogen and oxygen atoms in total. The maximum absolute atomic E-state index is 5.76. The van der Waals surface area contributed by atoms with Crippen LogP contribution in [0.5, 0.6) is 0 Å². The van der Waals surface area contributed by atoms with Crippen LogP contribution < -0.4 is 5.73 Å². The van der Waals surface area contributed by atoms with Gasteiger partial charge >= 0.3 is 0 Å². The van der Waals surface area contributed by atoms with Crippen molar-refractivity contribution >= 4 is 5.82 Å². The van der Waals surface area contributed by atoms with Crippen molar-refractivity contribution in [1.29, 1.82) is 0 Å². The van der Waals surface area contributed by atoms with Gasteiger partial charge in [-0.2, -0.15) is 0 Å². The lowest BCUT2D eigenvalue weighted by atomic mass is 10.1. The van der Waals surface area contributed by atoms with E-state index >= 15 is 0 Å². The molecule has 1 atom stereocenters. The molecule has 2 N–H and O–H groups in total. The standard InChI is InChI=1S/C11H17N3O/c1-7(2)8-6-10(12)14-11(13-8)9-4-3-5-15-9/h6-7,9H,3-5H2,1-2H3,(H2,12,13,14). The molecule has 4 heteroatoms. The highest BCUT2D eigenvalue weighted by molar-refractivity contribution is 5.31. The molecule has 1 aromatic heterocycles. The molecule has 1 fully saturated rings. The van der Waals surface area contributed by atoms with Crippen molar-refractivity contribution in [3.63, 3.8) is 0 Å².